The molecule has 0 radical (unpaired) electrons. The Morgan fingerprint density at radius 3 is 2.17 bits per heavy atom. The summed E-state index contributed by atoms with van der Waals surface area (Å²) in [6.07, 6.45) is 2.96. The van der Waals surface area contributed by atoms with Crippen molar-refractivity contribution in [3.8, 4) is 0 Å². The first kappa shape index (κ1) is 13.1. The van der Waals surface area contributed by atoms with Crippen molar-refractivity contribution in [2.75, 3.05) is 0 Å². The molecule has 2 nitrogen and oxygen atoms in total. The molecule has 0 bridgehead atoms. The number of halogens is 1. The Morgan fingerprint density at radius 1 is 1.22 bits per heavy atom. The molecule has 1 aliphatic rings. The van der Waals surface area contributed by atoms with E-state index in [0.717, 1.165) is 24.8 Å². The number of carbonyl (C=O) groups excluding carboxylic acids is 1. The van der Waals surface area contributed by atoms with Gasteiger partial charge < -0.3 is 5.32 Å². The Kier molecular flexibility index (Phi) is 3.18. The van der Waals surface area contributed by atoms with Gasteiger partial charge >= 0.3 is 0 Å². The summed E-state index contributed by atoms with van der Waals surface area (Å²) in [4.78, 5) is 12.1. The molecule has 1 amide bonds. The van der Waals surface area contributed by atoms with Crippen LogP contribution in [0.15, 0.2) is 24.3 Å². The molecule has 0 aliphatic heterocycles. The van der Waals surface area contributed by atoms with E-state index in [1.165, 1.54) is 12.1 Å². The Morgan fingerprint density at radius 2 is 1.78 bits per heavy atom. The van der Waals surface area contributed by atoms with Crippen molar-refractivity contribution in [3.05, 3.63) is 35.6 Å². The summed E-state index contributed by atoms with van der Waals surface area (Å²) in [5, 5.41) is 3.14. The summed E-state index contributed by atoms with van der Waals surface area (Å²) in [5.74, 6) is -0.193. The van der Waals surface area contributed by atoms with E-state index in [2.05, 4.69) is 5.32 Å². The van der Waals surface area contributed by atoms with Crippen LogP contribution < -0.4 is 5.32 Å². The van der Waals surface area contributed by atoms with Gasteiger partial charge in [0.15, 0.2) is 0 Å². The zero-order chi connectivity index (χ0) is 13.4. The average molecular weight is 249 g/mol. The predicted octanol–water partition coefficient (Wildman–Crippen LogP) is 3.37. The minimum absolute atomic E-state index is 0.0477. The van der Waals surface area contributed by atoms with Gasteiger partial charge in [-0.3, -0.25) is 4.79 Å². The molecule has 0 heterocycles. The molecule has 1 aliphatic carbocycles. The molecule has 0 spiro atoms. The number of nitrogens with one attached hydrogen (secondary N) is 1. The summed E-state index contributed by atoms with van der Waals surface area (Å²) >= 11 is 0. The first-order valence-electron chi connectivity index (χ1n) is 6.42. The molecule has 0 aromatic heterocycles. The largest absolute Gasteiger partial charge is 0.346 e. The number of amides is 1. The molecule has 1 saturated carbocycles. The third-order valence-corrected chi connectivity index (χ3v) is 3.64. The lowest BCUT2D eigenvalue weighted by Crippen LogP contribution is -2.53. The third-order valence-electron chi connectivity index (χ3n) is 3.64. The number of benzene rings is 1. The molecule has 3 heteroatoms. The van der Waals surface area contributed by atoms with Crippen molar-refractivity contribution < 1.29 is 9.18 Å². The minimum Gasteiger partial charge on any atom is -0.346 e. The molecular formula is C15H20FNO. The zero-order valence-electron chi connectivity index (χ0n) is 11.2. The van der Waals surface area contributed by atoms with Crippen LogP contribution in [-0.4, -0.2) is 5.91 Å². The molecule has 0 saturated heterocycles. The smallest absolute Gasteiger partial charge is 0.226 e. The molecule has 2 rings (SSSR count). The highest BCUT2D eigenvalue weighted by Crippen LogP contribution is 2.41. The van der Waals surface area contributed by atoms with Gasteiger partial charge in [0.25, 0.3) is 0 Å². The second kappa shape index (κ2) is 4.38. The summed E-state index contributed by atoms with van der Waals surface area (Å²) < 4.78 is 13.0. The van der Waals surface area contributed by atoms with Crippen molar-refractivity contribution in [3.63, 3.8) is 0 Å². The van der Waals surface area contributed by atoms with E-state index >= 15 is 0 Å². The highest BCUT2D eigenvalue weighted by Gasteiger charge is 2.41. The van der Waals surface area contributed by atoms with Gasteiger partial charge in [-0.1, -0.05) is 32.9 Å². The van der Waals surface area contributed by atoms with E-state index in [9.17, 15) is 9.18 Å². The summed E-state index contributed by atoms with van der Waals surface area (Å²) in [5.41, 5.74) is 0.327. The van der Waals surface area contributed by atoms with Crippen LogP contribution in [0.1, 0.15) is 45.6 Å². The van der Waals surface area contributed by atoms with Crippen LogP contribution in [0, 0.1) is 11.2 Å². The molecule has 1 fully saturated rings. The first-order valence-corrected chi connectivity index (χ1v) is 6.42. The fourth-order valence-corrected chi connectivity index (χ4v) is 2.19. The number of hydrogen-bond donors (Lipinski definition) is 1. The van der Waals surface area contributed by atoms with Crippen LogP contribution >= 0.6 is 0 Å². The van der Waals surface area contributed by atoms with Gasteiger partial charge in [-0.2, -0.15) is 0 Å². The van der Waals surface area contributed by atoms with Crippen LogP contribution in [0.4, 0.5) is 4.39 Å². The lowest BCUT2D eigenvalue weighted by Gasteiger charge is -2.44. The summed E-state index contributed by atoms with van der Waals surface area (Å²) in [6, 6.07) is 6.46. The van der Waals surface area contributed by atoms with Gasteiger partial charge in [0.2, 0.25) is 5.91 Å². The lowest BCUT2D eigenvalue weighted by molar-refractivity contribution is -0.132. The quantitative estimate of drug-likeness (QED) is 0.855. The molecule has 0 atom stereocenters. The van der Waals surface area contributed by atoms with Crippen LogP contribution in [0.25, 0.3) is 0 Å². The van der Waals surface area contributed by atoms with E-state index in [0.29, 0.717) is 0 Å². The van der Waals surface area contributed by atoms with Crippen molar-refractivity contribution in [2.24, 2.45) is 5.41 Å². The third kappa shape index (κ3) is 2.40. The monoisotopic (exact) mass is 249 g/mol. The summed E-state index contributed by atoms with van der Waals surface area (Å²) in [6.45, 7) is 5.71. The van der Waals surface area contributed by atoms with E-state index in [4.69, 9.17) is 0 Å². The zero-order valence-corrected chi connectivity index (χ0v) is 11.2. The molecular weight excluding hydrogens is 229 g/mol. The van der Waals surface area contributed by atoms with Crippen molar-refractivity contribution in [1.82, 2.24) is 5.32 Å². The van der Waals surface area contributed by atoms with E-state index in [-0.39, 0.29) is 17.3 Å². The standard InChI is InChI=1S/C15H20FNO/c1-14(2,3)13(18)17-15(9-4-10-15)11-5-7-12(16)8-6-11/h5-8H,4,9-10H2,1-3H3,(H,17,18). The number of rotatable bonds is 2. The average Bonchev–Trinajstić information content (AvgIpc) is 2.23. The van der Waals surface area contributed by atoms with Crippen molar-refractivity contribution in [1.29, 1.82) is 0 Å². The van der Waals surface area contributed by atoms with Crippen LogP contribution in [0.3, 0.4) is 0 Å². The Balaban J connectivity index is 2.21. The van der Waals surface area contributed by atoms with Gasteiger partial charge in [-0.25, -0.2) is 4.39 Å². The SMILES string of the molecule is CC(C)(C)C(=O)NC1(c2ccc(F)cc2)CCC1. The van der Waals surface area contributed by atoms with Gasteiger partial charge in [-0.05, 0) is 37.0 Å². The van der Waals surface area contributed by atoms with Gasteiger partial charge in [0.05, 0.1) is 5.54 Å². The maximum absolute atomic E-state index is 13.0. The highest BCUT2D eigenvalue weighted by molar-refractivity contribution is 5.82. The fraction of sp³-hybridized carbons (Fsp3) is 0.533. The second-order valence-electron chi connectivity index (χ2n) is 6.15. The maximum Gasteiger partial charge on any atom is 0.226 e. The van der Waals surface area contributed by atoms with Crippen molar-refractivity contribution in [2.45, 2.75) is 45.6 Å². The van der Waals surface area contributed by atoms with Crippen LogP contribution in [0.2, 0.25) is 0 Å². The highest BCUT2D eigenvalue weighted by atomic mass is 19.1. The van der Waals surface area contributed by atoms with Crippen LogP contribution in [0.5, 0.6) is 0 Å². The molecule has 1 N–H and O–H groups in total. The predicted molar refractivity (Wildman–Crippen MR) is 69.5 cm³/mol. The Hall–Kier alpha value is -1.38. The minimum atomic E-state index is -0.400. The van der Waals surface area contributed by atoms with Gasteiger partial charge in [0, 0.05) is 5.41 Å². The molecule has 98 valence electrons. The molecule has 1 aromatic rings. The normalized spacial score (nSPS) is 18.0. The second-order valence-corrected chi connectivity index (χ2v) is 6.15. The first-order chi connectivity index (χ1) is 8.33. The summed E-state index contributed by atoms with van der Waals surface area (Å²) in [7, 11) is 0. The van der Waals surface area contributed by atoms with Gasteiger partial charge in [-0.15, -0.1) is 0 Å². The Bertz CT molecular complexity index is 441. The van der Waals surface area contributed by atoms with Gasteiger partial charge in [0.1, 0.15) is 5.82 Å². The molecule has 0 unspecified atom stereocenters. The Labute approximate surface area is 108 Å². The number of carbonyl (C=O) groups is 1. The van der Waals surface area contributed by atoms with Crippen molar-refractivity contribution >= 4 is 5.91 Å². The molecule has 1 aromatic carbocycles. The maximum atomic E-state index is 13.0. The van der Waals surface area contributed by atoms with E-state index in [1.54, 1.807) is 12.1 Å². The fourth-order valence-electron chi connectivity index (χ4n) is 2.19. The van der Waals surface area contributed by atoms with Crippen LogP contribution in [-0.2, 0) is 10.3 Å². The van der Waals surface area contributed by atoms with E-state index in [1.807, 2.05) is 20.8 Å². The number of hydrogen-bond acceptors (Lipinski definition) is 1. The topological polar surface area (TPSA) is 29.1 Å². The molecule has 18 heavy (non-hydrogen) atoms. The lowest BCUT2D eigenvalue weighted by atomic mass is 9.71. The van der Waals surface area contributed by atoms with E-state index < -0.39 is 5.41 Å².